The highest BCUT2D eigenvalue weighted by Crippen LogP contribution is 2.49. The number of aromatic nitrogens is 6. The van der Waals surface area contributed by atoms with Gasteiger partial charge in [0.15, 0.2) is 17.5 Å². The van der Waals surface area contributed by atoms with Crippen LogP contribution in [0.1, 0.15) is 0 Å². The summed E-state index contributed by atoms with van der Waals surface area (Å²) in [5.41, 5.74) is 14.3. The molecule has 0 fully saturated rings. The van der Waals surface area contributed by atoms with E-state index in [1.165, 1.54) is 32.3 Å². The molecule has 10 aromatic carbocycles. The Morgan fingerprint density at radius 2 is 0.536 bits per heavy atom. The van der Waals surface area contributed by atoms with E-state index >= 15 is 0 Å². The molecule has 0 saturated carbocycles. The van der Waals surface area contributed by atoms with Gasteiger partial charge in [-0.05, 0) is 48.0 Å². The molecule has 0 aliphatic carbocycles. The van der Waals surface area contributed by atoms with Crippen molar-refractivity contribution in [1.29, 1.82) is 0 Å². The van der Waals surface area contributed by atoms with Crippen molar-refractivity contribution in [3.63, 3.8) is 0 Å². The van der Waals surface area contributed by atoms with Gasteiger partial charge in [0, 0.05) is 54.6 Å². The van der Waals surface area contributed by atoms with E-state index in [2.05, 4.69) is 220 Å². The second-order valence-corrected chi connectivity index (χ2v) is 17.5. The van der Waals surface area contributed by atoms with Crippen LogP contribution < -0.4 is 0 Å². The summed E-state index contributed by atoms with van der Waals surface area (Å²) >= 11 is 0. The number of fused-ring (bicyclic) bond motifs is 9. The molecule has 0 spiro atoms. The van der Waals surface area contributed by atoms with Crippen LogP contribution in [-0.2, 0) is 0 Å². The monoisotopic (exact) mass is 880 g/mol. The smallest absolute Gasteiger partial charge is 0.164 e. The third kappa shape index (κ3) is 6.02. The number of rotatable bonds is 7. The highest BCUT2D eigenvalue weighted by Gasteiger charge is 2.31. The Balaban J connectivity index is 1.28. The van der Waals surface area contributed by atoms with Gasteiger partial charge in [0.25, 0.3) is 0 Å². The van der Waals surface area contributed by atoms with E-state index in [0.717, 1.165) is 78.0 Å². The molecular formula is C63H40N6. The summed E-state index contributed by atoms with van der Waals surface area (Å²) in [6, 6.07) is 86.5. The van der Waals surface area contributed by atoms with Crippen molar-refractivity contribution in [2.24, 2.45) is 0 Å². The van der Waals surface area contributed by atoms with Gasteiger partial charge >= 0.3 is 0 Å². The lowest BCUT2D eigenvalue weighted by molar-refractivity contribution is 1.04. The SMILES string of the molecule is c1ccc(-c2nc(-c3ccccc3)nc(-c3cc(-n4c5ccccc5c5ccccc54)c(-n4c5ccccc5c5ccccc54)c(-n4c5ccccc5c5ccccc54)c3-c3ccccc3)n2)cc1. The maximum absolute atomic E-state index is 5.52. The van der Waals surface area contributed by atoms with Crippen LogP contribution in [-0.4, -0.2) is 28.7 Å². The molecule has 0 saturated heterocycles. The zero-order valence-corrected chi connectivity index (χ0v) is 37.3. The maximum Gasteiger partial charge on any atom is 0.164 e. The summed E-state index contributed by atoms with van der Waals surface area (Å²) in [7, 11) is 0. The van der Waals surface area contributed by atoms with Crippen molar-refractivity contribution in [2.75, 3.05) is 0 Å². The van der Waals surface area contributed by atoms with E-state index in [1.54, 1.807) is 0 Å². The average molecular weight is 881 g/mol. The molecule has 6 heteroatoms. The van der Waals surface area contributed by atoms with Crippen LogP contribution in [0.4, 0.5) is 0 Å². The zero-order valence-electron chi connectivity index (χ0n) is 37.3. The fourth-order valence-corrected chi connectivity index (χ4v) is 10.8. The van der Waals surface area contributed by atoms with Crippen molar-refractivity contribution < 1.29 is 0 Å². The third-order valence-electron chi connectivity index (χ3n) is 13.7. The van der Waals surface area contributed by atoms with Crippen LogP contribution in [0, 0.1) is 0 Å². The molecule has 4 heterocycles. The van der Waals surface area contributed by atoms with E-state index < -0.39 is 0 Å². The van der Waals surface area contributed by atoms with Crippen molar-refractivity contribution in [1.82, 2.24) is 28.7 Å². The molecule has 4 aromatic heterocycles. The summed E-state index contributed by atoms with van der Waals surface area (Å²) in [6.45, 7) is 0. The number of nitrogens with zero attached hydrogens (tertiary/aromatic N) is 6. The van der Waals surface area contributed by atoms with Crippen LogP contribution in [0.25, 0.3) is 128 Å². The van der Waals surface area contributed by atoms with Gasteiger partial charge in [-0.15, -0.1) is 0 Å². The molecule has 0 bridgehead atoms. The lowest BCUT2D eigenvalue weighted by Gasteiger charge is -2.27. The average Bonchev–Trinajstić information content (AvgIpc) is 4.07. The predicted octanol–water partition coefficient (Wildman–Crippen LogP) is 15.8. The molecule has 0 unspecified atom stereocenters. The van der Waals surface area contributed by atoms with Crippen molar-refractivity contribution in [3.05, 3.63) is 243 Å². The van der Waals surface area contributed by atoms with Gasteiger partial charge in [0.05, 0.1) is 50.2 Å². The molecule has 6 nitrogen and oxygen atoms in total. The van der Waals surface area contributed by atoms with Gasteiger partial charge in [0.2, 0.25) is 0 Å². The number of para-hydroxylation sites is 6. The molecule has 69 heavy (non-hydrogen) atoms. The van der Waals surface area contributed by atoms with Crippen molar-refractivity contribution >= 4 is 65.4 Å². The van der Waals surface area contributed by atoms with Crippen LogP contribution in [0.15, 0.2) is 243 Å². The Kier molecular flexibility index (Phi) is 8.79. The van der Waals surface area contributed by atoms with Crippen LogP contribution in [0.5, 0.6) is 0 Å². The van der Waals surface area contributed by atoms with Crippen molar-refractivity contribution in [2.45, 2.75) is 0 Å². The number of hydrogen-bond donors (Lipinski definition) is 0. The maximum atomic E-state index is 5.52. The minimum Gasteiger partial charge on any atom is -0.307 e. The fraction of sp³-hybridized carbons (Fsp3) is 0. The second kappa shape index (κ2) is 15.6. The second-order valence-electron chi connectivity index (χ2n) is 17.5. The van der Waals surface area contributed by atoms with E-state index in [0.29, 0.717) is 17.5 Å². The summed E-state index contributed by atoms with van der Waals surface area (Å²) in [5, 5.41) is 7.04. The van der Waals surface area contributed by atoms with Gasteiger partial charge in [0.1, 0.15) is 0 Å². The Morgan fingerprint density at radius 1 is 0.246 bits per heavy atom. The quantitative estimate of drug-likeness (QED) is 0.160. The first kappa shape index (κ1) is 38.8. The van der Waals surface area contributed by atoms with Crippen LogP contribution >= 0.6 is 0 Å². The molecule has 14 rings (SSSR count). The number of hydrogen-bond acceptors (Lipinski definition) is 3. The molecule has 0 atom stereocenters. The molecule has 0 aliphatic heterocycles. The highest BCUT2D eigenvalue weighted by atomic mass is 15.1. The molecule has 0 amide bonds. The minimum atomic E-state index is 0.569. The Labute approximate surface area is 397 Å². The minimum absolute atomic E-state index is 0.569. The lowest BCUT2D eigenvalue weighted by atomic mass is 9.93. The molecule has 14 aromatic rings. The molecule has 0 radical (unpaired) electrons. The molecular weight excluding hydrogens is 841 g/mol. The van der Waals surface area contributed by atoms with Crippen LogP contribution in [0.2, 0.25) is 0 Å². The highest BCUT2D eigenvalue weighted by molar-refractivity contribution is 6.15. The summed E-state index contributed by atoms with van der Waals surface area (Å²) in [6.07, 6.45) is 0. The first-order valence-corrected chi connectivity index (χ1v) is 23.4. The fourth-order valence-electron chi connectivity index (χ4n) is 10.8. The van der Waals surface area contributed by atoms with Crippen molar-refractivity contribution in [3.8, 4) is 62.4 Å². The molecule has 322 valence electrons. The van der Waals surface area contributed by atoms with Gasteiger partial charge in [-0.3, -0.25) is 0 Å². The first-order chi connectivity index (χ1) is 34.3. The largest absolute Gasteiger partial charge is 0.307 e. The van der Waals surface area contributed by atoms with E-state index in [4.69, 9.17) is 15.0 Å². The topological polar surface area (TPSA) is 53.5 Å². The van der Waals surface area contributed by atoms with Gasteiger partial charge in [-0.25, -0.2) is 15.0 Å². The van der Waals surface area contributed by atoms with Crippen LogP contribution in [0.3, 0.4) is 0 Å². The first-order valence-electron chi connectivity index (χ1n) is 23.4. The van der Waals surface area contributed by atoms with E-state index in [-0.39, 0.29) is 0 Å². The summed E-state index contributed by atoms with van der Waals surface area (Å²) in [4.78, 5) is 16.2. The predicted molar refractivity (Wildman–Crippen MR) is 285 cm³/mol. The number of benzene rings is 10. The van der Waals surface area contributed by atoms with Gasteiger partial charge in [-0.2, -0.15) is 0 Å². The van der Waals surface area contributed by atoms with Gasteiger partial charge in [-0.1, -0.05) is 200 Å². The normalized spacial score (nSPS) is 11.8. The molecule has 0 N–H and O–H groups in total. The van der Waals surface area contributed by atoms with E-state index in [9.17, 15) is 0 Å². The molecule has 0 aliphatic rings. The standard InChI is InChI=1S/C63H40N6/c1-4-22-41(23-5-1)58-50(63-65-61(42-24-6-2-7-25-42)64-62(66-63)43-26-8-3-9-27-43)40-57(67-51-34-16-10-28-44(51)45-29-11-17-35-52(45)67)59(68-53-36-18-12-30-46(53)47-31-13-19-37-54(47)68)60(58)69-55-38-20-14-32-48(55)49-33-15-21-39-56(49)69/h1-40H. The van der Waals surface area contributed by atoms with E-state index in [1.807, 2.05) is 36.4 Å². The lowest BCUT2D eigenvalue weighted by Crippen LogP contribution is -2.13. The Hall–Kier alpha value is -9.39. The summed E-state index contributed by atoms with van der Waals surface area (Å²) < 4.78 is 7.48. The third-order valence-corrected chi connectivity index (χ3v) is 13.7. The zero-order chi connectivity index (χ0) is 45.4. The summed E-state index contributed by atoms with van der Waals surface area (Å²) in [5.74, 6) is 1.77. The Morgan fingerprint density at radius 3 is 0.913 bits per heavy atom. The van der Waals surface area contributed by atoms with Gasteiger partial charge < -0.3 is 13.7 Å². The Bertz CT molecular complexity index is 4080.